The number of aromatic nitrogens is 1. The van der Waals surface area contributed by atoms with E-state index in [2.05, 4.69) is 10.3 Å². The summed E-state index contributed by atoms with van der Waals surface area (Å²) in [6.45, 7) is 1.85. The lowest BCUT2D eigenvalue weighted by Gasteiger charge is -2.19. The van der Waals surface area contributed by atoms with Gasteiger partial charge in [-0.25, -0.2) is 9.37 Å². The lowest BCUT2D eigenvalue weighted by molar-refractivity contribution is -0.137. The number of aliphatic carboxylic acids is 1. The summed E-state index contributed by atoms with van der Waals surface area (Å²) in [5.41, 5.74) is 2.31. The van der Waals surface area contributed by atoms with Crippen LogP contribution < -0.4 is 5.32 Å². The van der Waals surface area contributed by atoms with Crippen molar-refractivity contribution in [1.82, 2.24) is 10.3 Å². The van der Waals surface area contributed by atoms with E-state index in [9.17, 15) is 19.1 Å². The number of aryl methyl sites for hydroxylation is 1. The van der Waals surface area contributed by atoms with Crippen LogP contribution in [0.25, 0.3) is 11.3 Å². The molecule has 0 aliphatic rings. The molecule has 0 bridgehead atoms. The van der Waals surface area contributed by atoms with E-state index >= 15 is 0 Å². The van der Waals surface area contributed by atoms with Gasteiger partial charge in [-0.15, -0.1) is 0 Å². The van der Waals surface area contributed by atoms with Crippen LogP contribution in [0.2, 0.25) is 0 Å². The zero-order chi connectivity index (χ0) is 20.1. The molecular formula is C22H19FN2O3. The molecule has 0 spiro atoms. The first-order chi connectivity index (χ1) is 13.5. The molecule has 2 N–H and O–H groups in total. The van der Waals surface area contributed by atoms with Crippen LogP contribution in [0.5, 0.6) is 0 Å². The Bertz CT molecular complexity index is 1020. The number of benzene rings is 2. The minimum Gasteiger partial charge on any atom is -0.481 e. The summed E-state index contributed by atoms with van der Waals surface area (Å²) in [6, 6.07) is 17.5. The Morgan fingerprint density at radius 2 is 1.75 bits per heavy atom. The van der Waals surface area contributed by atoms with E-state index in [1.165, 1.54) is 12.1 Å². The Hall–Kier alpha value is -3.54. The lowest BCUT2D eigenvalue weighted by Crippen LogP contribution is -2.31. The van der Waals surface area contributed by atoms with Crippen molar-refractivity contribution in [3.63, 3.8) is 0 Å². The Kier molecular flexibility index (Phi) is 5.79. The number of amides is 1. The van der Waals surface area contributed by atoms with Crippen LogP contribution in [0.3, 0.4) is 0 Å². The molecule has 3 rings (SSSR count). The predicted molar refractivity (Wildman–Crippen MR) is 103 cm³/mol. The molecule has 0 radical (unpaired) electrons. The first-order valence-electron chi connectivity index (χ1n) is 8.76. The van der Waals surface area contributed by atoms with Crippen molar-refractivity contribution in [1.29, 1.82) is 0 Å². The van der Waals surface area contributed by atoms with E-state index in [0.717, 1.165) is 11.1 Å². The highest BCUT2D eigenvalue weighted by atomic mass is 19.1. The van der Waals surface area contributed by atoms with Gasteiger partial charge in [0.2, 0.25) is 0 Å². The highest BCUT2D eigenvalue weighted by Crippen LogP contribution is 2.23. The van der Waals surface area contributed by atoms with Gasteiger partial charge in [-0.1, -0.05) is 42.5 Å². The van der Waals surface area contributed by atoms with Crippen LogP contribution in [0.15, 0.2) is 66.7 Å². The molecule has 1 aromatic heterocycles. The van der Waals surface area contributed by atoms with E-state index in [1.54, 1.807) is 42.5 Å². The van der Waals surface area contributed by atoms with Crippen molar-refractivity contribution in [2.75, 3.05) is 0 Å². The standard InChI is InChI=1S/C22H19FN2O3/c1-14-7-2-3-8-15(14)20(13-21(26)27)25-22(28)19-12-6-11-18(24-19)16-9-4-5-10-17(16)23/h2-12,20H,13H2,1H3,(H,25,28)(H,26,27)/t20-/m0/s1. The van der Waals surface area contributed by atoms with Crippen molar-refractivity contribution < 1.29 is 19.1 Å². The second-order valence-corrected chi connectivity index (χ2v) is 6.37. The van der Waals surface area contributed by atoms with Crippen LogP contribution in [0, 0.1) is 12.7 Å². The molecule has 1 heterocycles. The van der Waals surface area contributed by atoms with E-state index in [-0.39, 0.29) is 17.7 Å². The largest absolute Gasteiger partial charge is 0.481 e. The summed E-state index contributed by atoms with van der Waals surface area (Å²) < 4.78 is 14.0. The quantitative estimate of drug-likeness (QED) is 0.676. The van der Waals surface area contributed by atoms with Crippen molar-refractivity contribution in [3.05, 3.63) is 89.4 Å². The molecule has 1 atom stereocenters. The molecule has 0 aliphatic heterocycles. The topological polar surface area (TPSA) is 79.3 Å². The van der Waals surface area contributed by atoms with E-state index in [0.29, 0.717) is 5.69 Å². The lowest BCUT2D eigenvalue weighted by atomic mass is 9.98. The van der Waals surface area contributed by atoms with Crippen LogP contribution in [-0.2, 0) is 4.79 Å². The number of pyridine rings is 1. The van der Waals surface area contributed by atoms with Gasteiger partial charge >= 0.3 is 5.97 Å². The summed E-state index contributed by atoms with van der Waals surface area (Å²) in [5.74, 6) is -1.98. The minimum atomic E-state index is -1.03. The Morgan fingerprint density at radius 3 is 2.46 bits per heavy atom. The van der Waals surface area contributed by atoms with E-state index in [4.69, 9.17) is 0 Å². The zero-order valence-electron chi connectivity index (χ0n) is 15.2. The smallest absolute Gasteiger partial charge is 0.305 e. The fraction of sp³-hybridized carbons (Fsp3) is 0.136. The van der Waals surface area contributed by atoms with Crippen molar-refractivity contribution in [2.45, 2.75) is 19.4 Å². The van der Waals surface area contributed by atoms with Gasteiger partial charge in [0.05, 0.1) is 18.2 Å². The molecule has 0 aliphatic carbocycles. The fourth-order valence-electron chi connectivity index (χ4n) is 3.00. The third-order valence-electron chi connectivity index (χ3n) is 4.38. The SMILES string of the molecule is Cc1ccccc1[C@H](CC(=O)O)NC(=O)c1cccc(-c2ccccc2F)n1. The van der Waals surface area contributed by atoms with E-state index < -0.39 is 23.7 Å². The average molecular weight is 378 g/mol. The number of rotatable bonds is 6. The van der Waals surface area contributed by atoms with Gasteiger partial charge in [0.25, 0.3) is 5.91 Å². The fourth-order valence-corrected chi connectivity index (χ4v) is 3.00. The Balaban J connectivity index is 1.88. The molecule has 28 heavy (non-hydrogen) atoms. The van der Waals surface area contributed by atoms with Gasteiger partial charge in [-0.3, -0.25) is 9.59 Å². The van der Waals surface area contributed by atoms with E-state index in [1.807, 2.05) is 19.1 Å². The molecule has 0 saturated carbocycles. The number of halogens is 1. The Labute approximate surface area is 161 Å². The molecule has 6 heteroatoms. The monoisotopic (exact) mass is 378 g/mol. The van der Waals surface area contributed by atoms with Gasteiger partial charge in [-0.05, 0) is 42.3 Å². The summed E-state index contributed by atoms with van der Waals surface area (Å²) in [6.07, 6.45) is -0.260. The Morgan fingerprint density at radius 1 is 1.04 bits per heavy atom. The van der Waals surface area contributed by atoms with Crippen LogP contribution in [0.4, 0.5) is 4.39 Å². The molecule has 0 unspecified atom stereocenters. The third kappa shape index (κ3) is 4.40. The molecular weight excluding hydrogens is 359 g/mol. The zero-order valence-corrected chi connectivity index (χ0v) is 15.2. The van der Waals surface area contributed by atoms with Crippen molar-refractivity contribution in [2.24, 2.45) is 0 Å². The number of nitrogens with one attached hydrogen (secondary N) is 1. The van der Waals surface area contributed by atoms with Crippen molar-refractivity contribution >= 4 is 11.9 Å². The number of carbonyl (C=O) groups excluding carboxylic acids is 1. The minimum absolute atomic E-state index is 0.0877. The normalized spacial score (nSPS) is 11.6. The first-order valence-corrected chi connectivity index (χ1v) is 8.76. The summed E-state index contributed by atoms with van der Waals surface area (Å²) in [7, 11) is 0. The maximum atomic E-state index is 14.0. The third-order valence-corrected chi connectivity index (χ3v) is 4.38. The van der Waals surface area contributed by atoms with Gasteiger partial charge in [0.1, 0.15) is 11.5 Å². The number of carbonyl (C=O) groups is 2. The van der Waals surface area contributed by atoms with Crippen LogP contribution in [-0.4, -0.2) is 22.0 Å². The second-order valence-electron chi connectivity index (χ2n) is 6.37. The number of carboxylic acids is 1. The predicted octanol–water partition coefficient (Wildman–Crippen LogP) is 4.14. The molecule has 142 valence electrons. The summed E-state index contributed by atoms with van der Waals surface area (Å²) >= 11 is 0. The van der Waals surface area contributed by atoms with Gasteiger partial charge in [0.15, 0.2) is 0 Å². The molecule has 1 amide bonds. The molecule has 3 aromatic rings. The molecule has 0 fully saturated rings. The van der Waals surface area contributed by atoms with Crippen LogP contribution >= 0.6 is 0 Å². The maximum Gasteiger partial charge on any atom is 0.305 e. The maximum absolute atomic E-state index is 14.0. The summed E-state index contributed by atoms with van der Waals surface area (Å²) in [4.78, 5) is 28.3. The van der Waals surface area contributed by atoms with Gasteiger partial charge in [0, 0.05) is 5.56 Å². The molecule has 2 aromatic carbocycles. The van der Waals surface area contributed by atoms with Crippen molar-refractivity contribution in [3.8, 4) is 11.3 Å². The van der Waals surface area contributed by atoms with Gasteiger partial charge in [-0.2, -0.15) is 0 Å². The average Bonchev–Trinajstić information content (AvgIpc) is 2.68. The first kappa shape index (κ1) is 19.2. The highest BCUT2D eigenvalue weighted by Gasteiger charge is 2.21. The molecule has 0 saturated heterocycles. The molecule has 5 nitrogen and oxygen atoms in total. The highest BCUT2D eigenvalue weighted by molar-refractivity contribution is 5.93. The second kappa shape index (κ2) is 8.43. The number of hydrogen-bond acceptors (Lipinski definition) is 3. The number of carboxylic acid groups (broad SMARTS) is 1. The van der Waals surface area contributed by atoms with Crippen LogP contribution in [0.1, 0.15) is 34.1 Å². The number of nitrogens with zero attached hydrogens (tertiary/aromatic N) is 1. The number of hydrogen-bond donors (Lipinski definition) is 2. The van der Waals surface area contributed by atoms with Gasteiger partial charge < -0.3 is 10.4 Å². The summed E-state index contributed by atoms with van der Waals surface area (Å²) in [5, 5.41) is 12.0.